The molecule has 0 radical (unpaired) electrons. The van der Waals surface area contributed by atoms with Crippen LogP contribution >= 0.6 is 11.3 Å². The summed E-state index contributed by atoms with van der Waals surface area (Å²) in [6.07, 6.45) is 1.55. The van der Waals surface area contributed by atoms with Crippen molar-refractivity contribution >= 4 is 17.2 Å². The van der Waals surface area contributed by atoms with Gasteiger partial charge in [-0.1, -0.05) is 31.2 Å². The smallest absolute Gasteiger partial charge is 0.263 e. The summed E-state index contributed by atoms with van der Waals surface area (Å²) in [6, 6.07) is 7.74. The van der Waals surface area contributed by atoms with E-state index in [9.17, 15) is 4.79 Å². The van der Waals surface area contributed by atoms with Gasteiger partial charge in [-0.15, -0.1) is 11.3 Å². The Labute approximate surface area is 122 Å². The van der Waals surface area contributed by atoms with Gasteiger partial charge in [-0.2, -0.15) is 0 Å². The maximum Gasteiger partial charge on any atom is 0.263 e. The molecular weight excluding hydrogens is 272 g/mol. The van der Waals surface area contributed by atoms with Crippen molar-refractivity contribution in [2.75, 3.05) is 6.54 Å². The SMILES string of the molecule is CCc1ncsc1C(=O)NCCc1ccc(CO)cc1. The Kier molecular flexibility index (Phi) is 5.26. The maximum atomic E-state index is 12.0. The molecule has 0 fully saturated rings. The summed E-state index contributed by atoms with van der Waals surface area (Å²) in [5.74, 6) is -0.0451. The molecule has 1 heterocycles. The Morgan fingerprint density at radius 3 is 2.65 bits per heavy atom. The van der Waals surface area contributed by atoms with Crippen LogP contribution in [0.4, 0.5) is 0 Å². The summed E-state index contributed by atoms with van der Waals surface area (Å²) in [7, 11) is 0. The molecule has 0 aliphatic heterocycles. The third-order valence-electron chi connectivity index (χ3n) is 3.09. The van der Waals surface area contributed by atoms with Gasteiger partial charge < -0.3 is 10.4 Å². The molecule has 0 aliphatic carbocycles. The number of carbonyl (C=O) groups excluding carboxylic acids is 1. The van der Waals surface area contributed by atoms with E-state index in [1.807, 2.05) is 31.2 Å². The number of rotatable bonds is 6. The lowest BCUT2D eigenvalue weighted by Crippen LogP contribution is -2.25. The molecular formula is C15H18N2O2S. The number of aliphatic hydroxyl groups excluding tert-OH is 1. The van der Waals surface area contributed by atoms with Gasteiger partial charge in [0.25, 0.3) is 5.91 Å². The standard InChI is InChI=1S/C15H18N2O2S/c1-2-13-14(20-10-17-13)15(19)16-8-7-11-3-5-12(9-18)6-4-11/h3-6,10,18H,2,7-9H2,1H3,(H,16,19). The average Bonchev–Trinajstić information content (AvgIpc) is 2.96. The molecule has 0 unspecified atom stereocenters. The van der Waals surface area contributed by atoms with Crippen LogP contribution in [-0.4, -0.2) is 22.5 Å². The van der Waals surface area contributed by atoms with E-state index < -0.39 is 0 Å². The fraction of sp³-hybridized carbons (Fsp3) is 0.333. The van der Waals surface area contributed by atoms with Crippen LogP contribution in [0.2, 0.25) is 0 Å². The second kappa shape index (κ2) is 7.17. The number of aliphatic hydroxyl groups is 1. The second-order valence-corrected chi connectivity index (χ2v) is 5.32. The first kappa shape index (κ1) is 14.7. The number of nitrogens with zero attached hydrogens (tertiary/aromatic N) is 1. The number of carbonyl (C=O) groups is 1. The first-order valence-corrected chi connectivity index (χ1v) is 7.51. The van der Waals surface area contributed by atoms with Crippen LogP contribution in [0.5, 0.6) is 0 Å². The molecule has 1 amide bonds. The Bertz CT molecular complexity index is 564. The van der Waals surface area contributed by atoms with E-state index in [1.165, 1.54) is 11.3 Å². The van der Waals surface area contributed by atoms with Crippen molar-refractivity contribution in [3.63, 3.8) is 0 Å². The van der Waals surface area contributed by atoms with Crippen molar-refractivity contribution < 1.29 is 9.90 Å². The molecule has 4 nitrogen and oxygen atoms in total. The molecule has 1 aromatic heterocycles. The zero-order valence-electron chi connectivity index (χ0n) is 11.4. The number of hydrogen-bond donors (Lipinski definition) is 2. The van der Waals surface area contributed by atoms with E-state index in [1.54, 1.807) is 5.51 Å². The zero-order chi connectivity index (χ0) is 14.4. The largest absolute Gasteiger partial charge is 0.392 e. The first-order valence-electron chi connectivity index (χ1n) is 6.63. The highest BCUT2D eigenvalue weighted by atomic mass is 32.1. The Hall–Kier alpha value is -1.72. The van der Waals surface area contributed by atoms with E-state index in [0.29, 0.717) is 11.4 Å². The molecule has 2 N–H and O–H groups in total. The fourth-order valence-corrected chi connectivity index (χ4v) is 2.72. The number of amides is 1. The second-order valence-electron chi connectivity index (χ2n) is 4.46. The molecule has 0 spiro atoms. The van der Waals surface area contributed by atoms with Crippen molar-refractivity contribution in [2.45, 2.75) is 26.4 Å². The molecule has 106 valence electrons. The Morgan fingerprint density at radius 1 is 1.30 bits per heavy atom. The molecule has 0 saturated carbocycles. The van der Waals surface area contributed by atoms with Crippen LogP contribution in [0.15, 0.2) is 29.8 Å². The molecule has 0 bridgehead atoms. The van der Waals surface area contributed by atoms with Gasteiger partial charge in [-0.3, -0.25) is 4.79 Å². The lowest BCUT2D eigenvalue weighted by atomic mass is 10.1. The quantitative estimate of drug-likeness (QED) is 0.857. The normalized spacial score (nSPS) is 10.5. The molecule has 0 saturated heterocycles. The van der Waals surface area contributed by atoms with Gasteiger partial charge in [0.05, 0.1) is 17.8 Å². The van der Waals surface area contributed by atoms with E-state index in [0.717, 1.165) is 29.7 Å². The van der Waals surface area contributed by atoms with Crippen molar-refractivity contribution in [3.8, 4) is 0 Å². The third kappa shape index (κ3) is 3.65. The molecule has 5 heteroatoms. The predicted octanol–water partition coefficient (Wildman–Crippen LogP) is 2.17. The minimum atomic E-state index is -0.0451. The van der Waals surface area contributed by atoms with E-state index in [-0.39, 0.29) is 12.5 Å². The molecule has 2 rings (SSSR count). The lowest BCUT2D eigenvalue weighted by Gasteiger charge is -2.05. The minimum absolute atomic E-state index is 0.0451. The van der Waals surface area contributed by atoms with Crippen LogP contribution in [-0.2, 0) is 19.4 Å². The molecule has 1 aromatic carbocycles. The van der Waals surface area contributed by atoms with Gasteiger partial charge in [0.1, 0.15) is 4.88 Å². The van der Waals surface area contributed by atoms with E-state index in [2.05, 4.69) is 10.3 Å². The van der Waals surface area contributed by atoms with Gasteiger partial charge in [0.15, 0.2) is 0 Å². The zero-order valence-corrected chi connectivity index (χ0v) is 12.2. The van der Waals surface area contributed by atoms with Gasteiger partial charge in [0.2, 0.25) is 0 Å². The number of thiazole rings is 1. The van der Waals surface area contributed by atoms with Crippen LogP contribution in [0.3, 0.4) is 0 Å². The highest BCUT2D eigenvalue weighted by Gasteiger charge is 2.12. The van der Waals surface area contributed by atoms with Crippen molar-refractivity contribution in [3.05, 3.63) is 51.5 Å². The molecule has 20 heavy (non-hydrogen) atoms. The summed E-state index contributed by atoms with van der Waals surface area (Å²) in [6.45, 7) is 2.65. The first-order chi connectivity index (χ1) is 9.74. The van der Waals surface area contributed by atoms with Crippen molar-refractivity contribution in [2.24, 2.45) is 0 Å². The summed E-state index contributed by atoms with van der Waals surface area (Å²) >= 11 is 1.38. The average molecular weight is 290 g/mol. The Balaban J connectivity index is 1.84. The topological polar surface area (TPSA) is 62.2 Å². The predicted molar refractivity (Wildman–Crippen MR) is 79.9 cm³/mol. The van der Waals surface area contributed by atoms with Crippen LogP contribution in [0.25, 0.3) is 0 Å². The summed E-state index contributed by atoms with van der Waals surface area (Å²) < 4.78 is 0. The Morgan fingerprint density at radius 2 is 2.00 bits per heavy atom. The molecule has 2 aromatic rings. The van der Waals surface area contributed by atoms with E-state index in [4.69, 9.17) is 5.11 Å². The number of aryl methyl sites for hydroxylation is 1. The monoisotopic (exact) mass is 290 g/mol. The maximum absolute atomic E-state index is 12.0. The number of hydrogen-bond acceptors (Lipinski definition) is 4. The fourth-order valence-electron chi connectivity index (χ4n) is 1.92. The number of aromatic nitrogens is 1. The number of nitrogens with one attached hydrogen (secondary N) is 1. The van der Waals surface area contributed by atoms with Crippen molar-refractivity contribution in [1.29, 1.82) is 0 Å². The minimum Gasteiger partial charge on any atom is -0.392 e. The summed E-state index contributed by atoms with van der Waals surface area (Å²) in [4.78, 5) is 16.9. The van der Waals surface area contributed by atoms with Gasteiger partial charge >= 0.3 is 0 Å². The van der Waals surface area contributed by atoms with Crippen LogP contribution in [0.1, 0.15) is 33.4 Å². The van der Waals surface area contributed by atoms with Gasteiger partial charge in [0, 0.05) is 6.54 Å². The number of benzene rings is 1. The summed E-state index contributed by atoms with van der Waals surface area (Å²) in [5.41, 5.74) is 4.61. The highest BCUT2D eigenvalue weighted by Crippen LogP contribution is 2.13. The third-order valence-corrected chi connectivity index (χ3v) is 3.95. The lowest BCUT2D eigenvalue weighted by molar-refractivity contribution is 0.0957. The van der Waals surface area contributed by atoms with Crippen LogP contribution < -0.4 is 5.32 Å². The summed E-state index contributed by atoms with van der Waals surface area (Å²) in [5, 5.41) is 11.9. The highest BCUT2D eigenvalue weighted by molar-refractivity contribution is 7.11. The van der Waals surface area contributed by atoms with Crippen LogP contribution in [0, 0.1) is 0 Å². The molecule has 0 atom stereocenters. The van der Waals surface area contributed by atoms with Crippen molar-refractivity contribution in [1.82, 2.24) is 10.3 Å². The molecule has 0 aliphatic rings. The van der Waals surface area contributed by atoms with Gasteiger partial charge in [-0.25, -0.2) is 4.98 Å². The van der Waals surface area contributed by atoms with E-state index >= 15 is 0 Å². The van der Waals surface area contributed by atoms with Gasteiger partial charge in [-0.05, 0) is 24.0 Å².